The number of carbonyl (C=O) groups is 1. The number of hydrogen-bond donors (Lipinski definition) is 1. The maximum absolute atomic E-state index is 12.7. The Morgan fingerprint density at radius 3 is 2.58 bits per heavy atom. The zero-order chi connectivity index (χ0) is 18.5. The first kappa shape index (κ1) is 19.5. The molecule has 1 aliphatic rings. The number of rotatable bonds is 6. The molecule has 1 unspecified atom stereocenters. The number of amides is 1. The molecule has 1 heterocycles. The maximum Gasteiger partial charge on any atom is 0.252 e. The summed E-state index contributed by atoms with van der Waals surface area (Å²) in [5.74, 6) is 0.751. The van der Waals surface area contributed by atoms with Gasteiger partial charge in [0.25, 0.3) is 5.91 Å². The number of nitrogens with zero attached hydrogens (tertiary/aromatic N) is 1. The lowest BCUT2D eigenvalue weighted by molar-refractivity contribution is 0.0937. The molecule has 1 saturated heterocycles. The summed E-state index contributed by atoms with van der Waals surface area (Å²) in [6.45, 7) is 2.68. The van der Waals surface area contributed by atoms with Crippen LogP contribution in [0.3, 0.4) is 0 Å². The second kappa shape index (κ2) is 9.06. The molecular formula is C20H22ClIN2O2. The molecular weight excluding hydrogens is 463 g/mol. The van der Waals surface area contributed by atoms with Crippen molar-refractivity contribution in [2.24, 2.45) is 0 Å². The second-order valence-corrected chi connectivity index (χ2v) is 7.96. The van der Waals surface area contributed by atoms with Gasteiger partial charge in [-0.1, -0.05) is 23.7 Å². The Morgan fingerprint density at radius 1 is 1.23 bits per heavy atom. The zero-order valence-corrected chi connectivity index (χ0v) is 17.6. The molecule has 1 amide bonds. The van der Waals surface area contributed by atoms with Gasteiger partial charge in [0.15, 0.2) is 0 Å². The molecule has 6 heteroatoms. The van der Waals surface area contributed by atoms with Gasteiger partial charge in [0.1, 0.15) is 5.75 Å². The van der Waals surface area contributed by atoms with E-state index in [2.05, 4.69) is 44.9 Å². The Balaban J connectivity index is 1.75. The van der Waals surface area contributed by atoms with Gasteiger partial charge in [0.2, 0.25) is 0 Å². The van der Waals surface area contributed by atoms with Gasteiger partial charge >= 0.3 is 0 Å². The third-order valence-electron chi connectivity index (χ3n) is 4.71. The molecule has 1 atom stereocenters. The van der Waals surface area contributed by atoms with Gasteiger partial charge in [-0.15, -0.1) is 0 Å². The number of carbonyl (C=O) groups excluding carboxylic acids is 1. The minimum atomic E-state index is -0.0883. The average Bonchev–Trinajstić information content (AvgIpc) is 3.18. The second-order valence-electron chi connectivity index (χ2n) is 6.37. The monoisotopic (exact) mass is 484 g/mol. The van der Waals surface area contributed by atoms with E-state index in [-0.39, 0.29) is 11.9 Å². The van der Waals surface area contributed by atoms with Gasteiger partial charge in [0.05, 0.1) is 18.7 Å². The number of methoxy groups -OCH3 is 1. The third-order valence-corrected chi connectivity index (χ3v) is 5.89. The number of ether oxygens (including phenoxy) is 1. The van der Waals surface area contributed by atoms with Crippen LogP contribution >= 0.6 is 34.2 Å². The van der Waals surface area contributed by atoms with Crippen LogP contribution in [-0.4, -0.2) is 37.6 Å². The summed E-state index contributed by atoms with van der Waals surface area (Å²) in [7, 11) is 1.67. The molecule has 0 radical (unpaired) electrons. The number of hydrogen-bond acceptors (Lipinski definition) is 3. The van der Waals surface area contributed by atoms with Gasteiger partial charge in [-0.2, -0.15) is 0 Å². The minimum Gasteiger partial charge on any atom is -0.497 e. The van der Waals surface area contributed by atoms with E-state index in [9.17, 15) is 4.79 Å². The summed E-state index contributed by atoms with van der Waals surface area (Å²) in [6.07, 6.45) is 2.40. The topological polar surface area (TPSA) is 41.6 Å². The molecule has 0 bridgehead atoms. The maximum atomic E-state index is 12.7. The summed E-state index contributed by atoms with van der Waals surface area (Å²) >= 11 is 8.21. The lowest BCUT2D eigenvalue weighted by Crippen LogP contribution is -2.37. The summed E-state index contributed by atoms with van der Waals surface area (Å²) in [5.41, 5.74) is 1.81. The fourth-order valence-electron chi connectivity index (χ4n) is 3.29. The zero-order valence-electron chi connectivity index (χ0n) is 14.7. The molecule has 0 spiro atoms. The van der Waals surface area contributed by atoms with E-state index in [0.717, 1.165) is 22.4 Å². The minimum absolute atomic E-state index is 0.0883. The molecule has 1 fully saturated rings. The smallest absolute Gasteiger partial charge is 0.252 e. The molecule has 4 nitrogen and oxygen atoms in total. The molecule has 3 rings (SSSR count). The Kier molecular flexibility index (Phi) is 6.78. The van der Waals surface area contributed by atoms with Crippen molar-refractivity contribution in [3.63, 3.8) is 0 Å². The molecule has 2 aromatic carbocycles. The SMILES string of the molecule is COc1ccc(C(CNC(=O)c2cc(Cl)ccc2I)N2CCCC2)cc1. The molecule has 138 valence electrons. The first-order chi connectivity index (χ1) is 12.6. The molecule has 0 aliphatic carbocycles. The van der Waals surface area contributed by atoms with Crippen molar-refractivity contribution in [3.05, 3.63) is 62.2 Å². The summed E-state index contributed by atoms with van der Waals surface area (Å²) in [5, 5.41) is 3.67. The molecule has 26 heavy (non-hydrogen) atoms. The fraction of sp³-hybridized carbons (Fsp3) is 0.350. The van der Waals surface area contributed by atoms with E-state index in [0.29, 0.717) is 17.1 Å². The van der Waals surface area contributed by atoms with Crippen LogP contribution in [0.1, 0.15) is 34.8 Å². The molecule has 2 aromatic rings. The Hall–Kier alpha value is -1.31. The van der Waals surface area contributed by atoms with Crippen LogP contribution < -0.4 is 10.1 Å². The van der Waals surface area contributed by atoms with Crippen LogP contribution in [0.2, 0.25) is 5.02 Å². The quantitative estimate of drug-likeness (QED) is 0.613. The van der Waals surface area contributed by atoms with E-state index in [4.69, 9.17) is 16.3 Å². The van der Waals surface area contributed by atoms with Crippen LogP contribution in [0.4, 0.5) is 0 Å². The fourth-order valence-corrected chi connectivity index (χ4v) is 4.05. The molecule has 0 aromatic heterocycles. The Bertz CT molecular complexity index is 761. The molecule has 1 N–H and O–H groups in total. The highest BCUT2D eigenvalue weighted by Crippen LogP contribution is 2.26. The van der Waals surface area contributed by atoms with Gasteiger partial charge in [0, 0.05) is 15.1 Å². The summed E-state index contributed by atoms with van der Waals surface area (Å²) in [6, 6.07) is 13.6. The van der Waals surface area contributed by atoms with Crippen molar-refractivity contribution in [3.8, 4) is 5.75 Å². The summed E-state index contributed by atoms with van der Waals surface area (Å²) in [4.78, 5) is 15.1. The highest BCUT2D eigenvalue weighted by atomic mass is 127. The van der Waals surface area contributed by atoms with E-state index >= 15 is 0 Å². The van der Waals surface area contributed by atoms with E-state index in [1.54, 1.807) is 19.2 Å². The van der Waals surface area contributed by atoms with Crippen molar-refractivity contribution >= 4 is 40.1 Å². The Labute approximate surface area is 173 Å². The van der Waals surface area contributed by atoms with Gasteiger partial charge in [-0.25, -0.2) is 0 Å². The average molecular weight is 485 g/mol. The predicted molar refractivity (Wildman–Crippen MR) is 113 cm³/mol. The van der Waals surface area contributed by atoms with E-state index in [1.807, 2.05) is 18.2 Å². The van der Waals surface area contributed by atoms with Crippen LogP contribution in [0.25, 0.3) is 0 Å². The first-order valence-corrected chi connectivity index (χ1v) is 10.2. The van der Waals surface area contributed by atoms with Crippen molar-refractivity contribution in [1.82, 2.24) is 10.2 Å². The predicted octanol–water partition coefficient (Wildman–Crippen LogP) is 4.52. The number of likely N-dealkylation sites (tertiary alicyclic amines) is 1. The van der Waals surface area contributed by atoms with Crippen LogP contribution in [-0.2, 0) is 0 Å². The number of benzene rings is 2. The van der Waals surface area contributed by atoms with Crippen molar-refractivity contribution < 1.29 is 9.53 Å². The highest BCUT2D eigenvalue weighted by molar-refractivity contribution is 14.1. The van der Waals surface area contributed by atoms with Crippen molar-refractivity contribution in [2.45, 2.75) is 18.9 Å². The number of nitrogens with one attached hydrogen (secondary N) is 1. The largest absolute Gasteiger partial charge is 0.497 e. The third kappa shape index (κ3) is 4.69. The van der Waals surface area contributed by atoms with Crippen LogP contribution in [0.15, 0.2) is 42.5 Å². The lowest BCUT2D eigenvalue weighted by Gasteiger charge is -2.28. The van der Waals surface area contributed by atoms with Crippen molar-refractivity contribution in [1.29, 1.82) is 0 Å². The molecule has 1 aliphatic heterocycles. The van der Waals surface area contributed by atoms with Crippen LogP contribution in [0.5, 0.6) is 5.75 Å². The molecule has 0 saturated carbocycles. The first-order valence-electron chi connectivity index (χ1n) is 8.69. The van der Waals surface area contributed by atoms with E-state index < -0.39 is 0 Å². The van der Waals surface area contributed by atoms with E-state index in [1.165, 1.54) is 18.4 Å². The van der Waals surface area contributed by atoms with Gasteiger partial charge in [-0.05, 0) is 84.4 Å². The normalized spacial score (nSPS) is 15.7. The standard InChI is InChI=1S/C20H22ClIN2O2/c1-26-16-7-4-14(5-8-16)19(24-10-2-3-11-24)13-23-20(25)17-12-15(21)6-9-18(17)22/h4-9,12,19H,2-3,10-11,13H2,1H3,(H,23,25). The lowest BCUT2D eigenvalue weighted by atomic mass is 10.0. The highest BCUT2D eigenvalue weighted by Gasteiger charge is 2.24. The van der Waals surface area contributed by atoms with Crippen LogP contribution in [0, 0.1) is 3.57 Å². The van der Waals surface area contributed by atoms with Crippen molar-refractivity contribution in [2.75, 3.05) is 26.7 Å². The van der Waals surface area contributed by atoms with Gasteiger partial charge in [-0.3, -0.25) is 9.69 Å². The van der Waals surface area contributed by atoms with Gasteiger partial charge < -0.3 is 10.1 Å². The number of halogens is 2. The summed E-state index contributed by atoms with van der Waals surface area (Å²) < 4.78 is 6.15. The Morgan fingerprint density at radius 2 is 1.92 bits per heavy atom.